The van der Waals surface area contributed by atoms with Crippen molar-refractivity contribution in [3.63, 3.8) is 0 Å². The first kappa shape index (κ1) is 16.8. The summed E-state index contributed by atoms with van der Waals surface area (Å²) in [6.45, 7) is 5.81. The van der Waals surface area contributed by atoms with Gasteiger partial charge in [-0.15, -0.1) is 12.4 Å². The lowest BCUT2D eigenvalue weighted by molar-refractivity contribution is -0.132. The fraction of sp³-hybridized carbons (Fsp3) is 0.533. The van der Waals surface area contributed by atoms with E-state index in [0.717, 1.165) is 24.4 Å². The van der Waals surface area contributed by atoms with E-state index in [2.05, 4.69) is 19.2 Å². The molecule has 0 radical (unpaired) electrons. The van der Waals surface area contributed by atoms with Gasteiger partial charge in [0.25, 0.3) is 0 Å². The molecule has 1 aromatic rings. The van der Waals surface area contributed by atoms with E-state index in [4.69, 9.17) is 4.74 Å². The first-order chi connectivity index (χ1) is 9.08. The molecule has 1 heterocycles. The maximum Gasteiger partial charge on any atom is 0.227 e. The summed E-state index contributed by atoms with van der Waals surface area (Å²) in [5.74, 6) is 1.02. The van der Waals surface area contributed by atoms with Crippen LogP contribution in [0.2, 0.25) is 0 Å². The van der Waals surface area contributed by atoms with Crippen LogP contribution in [0, 0.1) is 0 Å². The first-order valence-electron chi connectivity index (χ1n) is 6.75. The number of rotatable bonds is 3. The van der Waals surface area contributed by atoms with E-state index in [0.29, 0.717) is 18.5 Å². The van der Waals surface area contributed by atoms with Crippen LogP contribution in [0.1, 0.15) is 19.4 Å². The molecule has 0 spiro atoms. The lowest BCUT2D eigenvalue weighted by atomic mass is 10.1. The Morgan fingerprint density at radius 3 is 2.30 bits per heavy atom. The minimum atomic E-state index is 0. The Morgan fingerprint density at radius 1 is 1.25 bits per heavy atom. The summed E-state index contributed by atoms with van der Waals surface area (Å²) in [4.78, 5) is 14.2. The molecule has 1 saturated heterocycles. The number of carbonyl (C=O) groups is 1. The monoisotopic (exact) mass is 298 g/mol. The molecule has 2 rings (SSSR count). The molecule has 112 valence electrons. The topological polar surface area (TPSA) is 41.6 Å². The van der Waals surface area contributed by atoms with Crippen molar-refractivity contribution in [2.45, 2.75) is 32.4 Å². The largest absolute Gasteiger partial charge is 0.497 e. The standard InChI is InChI=1S/C15H22N2O2.ClH/c1-11-9-17(10-12(2)16-11)15(18)8-13-4-6-14(19-3)7-5-13;/h4-7,11-12,16H,8-10H2,1-3H3;1H. The van der Waals surface area contributed by atoms with Crippen LogP contribution >= 0.6 is 12.4 Å². The zero-order valence-corrected chi connectivity index (χ0v) is 13.1. The number of hydrogen-bond acceptors (Lipinski definition) is 3. The maximum absolute atomic E-state index is 12.3. The molecule has 0 bridgehead atoms. The van der Waals surface area contributed by atoms with Crippen molar-refractivity contribution in [2.24, 2.45) is 0 Å². The van der Waals surface area contributed by atoms with E-state index in [-0.39, 0.29) is 18.3 Å². The minimum Gasteiger partial charge on any atom is -0.497 e. The Kier molecular flexibility index (Phi) is 6.30. The summed E-state index contributed by atoms with van der Waals surface area (Å²) in [6.07, 6.45) is 0.462. The second-order valence-corrected chi connectivity index (χ2v) is 5.29. The highest BCUT2D eigenvalue weighted by Gasteiger charge is 2.24. The van der Waals surface area contributed by atoms with E-state index in [1.165, 1.54) is 0 Å². The van der Waals surface area contributed by atoms with E-state index in [1.54, 1.807) is 7.11 Å². The van der Waals surface area contributed by atoms with Crippen LogP contribution in [0.25, 0.3) is 0 Å². The fourth-order valence-corrected chi connectivity index (χ4v) is 2.56. The Balaban J connectivity index is 0.00000200. The Labute approximate surface area is 126 Å². The summed E-state index contributed by atoms with van der Waals surface area (Å²) in [5.41, 5.74) is 1.03. The van der Waals surface area contributed by atoms with Gasteiger partial charge in [0, 0.05) is 25.2 Å². The third-order valence-corrected chi connectivity index (χ3v) is 3.42. The van der Waals surface area contributed by atoms with Gasteiger partial charge in [0.2, 0.25) is 5.91 Å². The van der Waals surface area contributed by atoms with Crippen molar-refractivity contribution >= 4 is 18.3 Å². The number of piperazine rings is 1. The van der Waals surface area contributed by atoms with Gasteiger partial charge in [-0.1, -0.05) is 12.1 Å². The van der Waals surface area contributed by atoms with Crippen molar-refractivity contribution in [2.75, 3.05) is 20.2 Å². The van der Waals surface area contributed by atoms with Gasteiger partial charge in [0.1, 0.15) is 5.75 Å². The molecule has 5 heteroatoms. The third-order valence-electron chi connectivity index (χ3n) is 3.42. The molecular formula is C15H23ClN2O2. The second kappa shape index (κ2) is 7.50. The number of methoxy groups -OCH3 is 1. The Bertz CT molecular complexity index is 426. The van der Waals surface area contributed by atoms with E-state index < -0.39 is 0 Å². The summed E-state index contributed by atoms with van der Waals surface area (Å²) < 4.78 is 5.11. The van der Waals surface area contributed by atoms with Gasteiger partial charge >= 0.3 is 0 Å². The highest BCUT2D eigenvalue weighted by molar-refractivity contribution is 5.85. The molecule has 1 aromatic carbocycles. The van der Waals surface area contributed by atoms with Gasteiger partial charge in [-0.3, -0.25) is 4.79 Å². The van der Waals surface area contributed by atoms with E-state index in [1.807, 2.05) is 29.2 Å². The van der Waals surface area contributed by atoms with Crippen LogP contribution in [-0.4, -0.2) is 43.1 Å². The lowest BCUT2D eigenvalue weighted by Crippen LogP contribution is -2.56. The number of halogens is 1. The summed E-state index contributed by atoms with van der Waals surface area (Å²) >= 11 is 0. The Hall–Kier alpha value is -1.26. The summed E-state index contributed by atoms with van der Waals surface area (Å²) in [5, 5.41) is 3.43. The smallest absolute Gasteiger partial charge is 0.227 e. The first-order valence-corrected chi connectivity index (χ1v) is 6.75. The van der Waals surface area contributed by atoms with Gasteiger partial charge in [0.05, 0.1) is 13.5 Å². The molecule has 1 amide bonds. The van der Waals surface area contributed by atoms with Gasteiger partial charge in [-0.2, -0.15) is 0 Å². The molecule has 4 nitrogen and oxygen atoms in total. The lowest BCUT2D eigenvalue weighted by Gasteiger charge is -2.36. The maximum atomic E-state index is 12.3. The minimum absolute atomic E-state index is 0. The molecule has 1 aliphatic heterocycles. The molecule has 1 fully saturated rings. The quantitative estimate of drug-likeness (QED) is 0.926. The molecule has 20 heavy (non-hydrogen) atoms. The van der Waals surface area contributed by atoms with Crippen LogP contribution in [0.4, 0.5) is 0 Å². The molecule has 0 saturated carbocycles. The van der Waals surface area contributed by atoms with Crippen molar-refractivity contribution in [3.8, 4) is 5.75 Å². The van der Waals surface area contributed by atoms with Gasteiger partial charge in [0.15, 0.2) is 0 Å². The van der Waals surface area contributed by atoms with Crippen LogP contribution < -0.4 is 10.1 Å². The van der Waals surface area contributed by atoms with Crippen molar-refractivity contribution in [1.82, 2.24) is 10.2 Å². The van der Waals surface area contributed by atoms with Crippen molar-refractivity contribution in [3.05, 3.63) is 29.8 Å². The number of nitrogens with zero attached hydrogens (tertiary/aromatic N) is 1. The van der Waals surface area contributed by atoms with Crippen LogP contribution in [0.5, 0.6) is 5.75 Å². The normalized spacial score (nSPS) is 22.1. The Morgan fingerprint density at radius 2 is 1.80 bits per heavy atom. The number of hydrogen-bond donors (Lipinski definition) is 1. The molecule has 2 unspecified atom stereocenters. The van der Waals surface area contributed by atoms with E-state index >= 15 is 0 Å². The number of benzene rings is 1. The van der Waals surface area contributed by atoms with Gasteiger partial charge < -0.3 is 15.0 Å². The highest BCUT2D eigenvalue weighted by atomic mass is 35.5. The number of amides is 1. The second-order valence-electron chi connectivity index (χ2n) is 5.29. The molecule has 1 N–H and O–H groups in total. The molecule has 0 aromatic heterocycles. The summed E-state index contributed by atoms with van der Waals surface area (Å²) in [7, 11) is 1.64. The van der Waals surface area contributed by atoms with Crippen LogP contribution in [0.15, 0.2) is 24.3 Å². The average Bonchev–Trinajstić information content (AvgIpc) is 2.38. The van der Waals surface area contributed by atoms with Crippen LogP contribution in [0.3, 0.4) is 0 Å². The summed E-state index contributed by atoms with van der Waals surface area (Å²) in [6, 6.07) is 8.42. The zero-order chi connectivity index (χ0) is 13.8. The predicted octanol–water partition coefficient (Wildman–Crippen LogP) is 1.87. The van der Waals surface area contributed by atoms with Crippen LogP contribution in [-0.2, 0) is 11.2 Å². The zero-order valence-electron chi connectivity index (χ0n) is 12.3. The van der Waals surface area contributed by atoms with Crippen molar-refractivity contribution in [1.29, 1.82) is 0 Å². The number of nitrogens with one attached hydrogen (secondary N) is 1. The van der Waals surface area contributed by atoms with E-state index in [9.17, 15) is 4.79 Å². The fourth-order valence-electron chi connectivity index (χ4n) is 2.56. The predicted molar refractivity (Wildman–Crippen MR) is 82.6 cm³/mol. The molecule has 1 aliphatic rings. The third kappa shape index (κ3) is 4.39. The molecular weight excluding hydrogens is 276 g/mol. The van der Waals surface area contributed by atoms with Gasteiger partial charge in [-0.05, 0) is 31.5 Å². The number of ether oxygens (including phenoxy) is 1. The van der Waals surface area contributed by atoms with Gasteiger partial charge in [-0.25, -0.2) is 0 Å². The van der Waals surface area contributed by atoms with Crippen molar-refractivity contribution < 1.29 is 9.53 Å². The average molecular weight is 299 g/mol. The SMILES string of the molecule is COc1ccc(CC(=O)N2CC(C)NC(C)C2)cc1.Cl. The number of carbonyl (C=O) groups excluding carboxylic acids is 1. The molecule has 0 aliphatic carbocycles. The highest BCUT2D eigenvalue weighted by Crippen LogP contribution is 2.13. The molecule has 2 atom stereocenters.